The topological polar surface area (TPSA) is 30.7 Å². The first-order valence-corrected chi connectivity index (χ1v) is 6.33. The Hall–Kier alpha value is -1.94. The van der Waals surface area contributed by atoms with Gasteiger partial charge in [0.2, 0.25) is 0 Å². The summed E-state index contributed by atoms with van der Waals surface area (Å²) in [6.07, 6.45) is 7.40. The Bertz CT molecular complexity index is 644. The van der Waals surface area contributed by atoms with Gasteiger partial charge >= 0.3 is 0 Å². The zero-order valence-electron chi connectivity index (χ0n) is 9.49. The van der Waals surface area contributed by atoms with Gasteiger partial charge < -0.3 is 0 Å². The molecular formula is C14H10BrN3. The van der Waals surface area contributed by atoms with Gasteiger partial charge in [0.25, 0.3) is 0 Å². The molecule has 0 saturated carbocycles. The van der Waals surface area contributed by atoms with Gasteiger partial charge in [-0.1, -0.05) is 28.1 Å². The third kappa shape index (κ3) is 2.19. The zero-order valence-corrected chi connectivity index (χ0v) is 11.1. The first kappa shape index (κ1) is 11.2. The van der Waals surface area contributed by atoms with Crippen LogP contribution < -0.4 is 0 Å². The van der Waals surface area contributed by atoms with Crippen LogP contribution in [-0.2, 0) is 0 Å². The average Bonchev–Trinajstić information content (AvgIpc) is 2.90. The molecule has 0 radical (unpaired) electrons. The van der Waals surface area contributed by atoms with Gasteiger partial charge in [0.1, 0.15) is 0 Å². The molecule has 0 amide bonds. The molecule has 3 aromatic rings. The van der Waals surface area contributed by atoms with E-state index in [1.807, 2.05) is 41.3 Å². The van der Waals surface area contributed by atoms with Gasteiger partial charge in [-0.3, -0.25) is 4.98 Å². The fraction of sp³-hybridized carbons (Fsp3) is 0. The molecule has 0 aliphatic carbocycles. The number of halogens is 1. The standard InChI is InChI=1S/C14H10BrN3/c15-13-5-3-11(4-6-13)12-8-17-18(10-12)14-2-1-7-16-9-14/h1-10H. The summed E-state index contributed by atoms with van der Waals surface area (Å²) in [6.45, 7) is 0. The SMILES string of the molecule is Brc1ccc(-c2cnn(-c3cccnc3)c2)cc1. The summed E-state index contributed by atoms with van der Waals surface area (Å²) < 4.78 is 2.90. The van der Waals surface area contributed by atoms with E-state index in [2.05, 4.69) is 38.1 Å². The van der Waals surface area contributed by atoms with Crippen molar-refractivity contribution >= 4 is 15.9 Å². The van der Waals surface area contributed by atoms with Crippen LogP contribution in [0.3, 0.4) is 0 Å². The van der Waals surface area contributed by atoms with E-state index in [9.17, 15) is 0 Å². The van der Waals surface area contributed by atoms with Crippen LogP contribution in [0.25, 0.3) is 16.8 Å². The van der Waals surface area contributed by atoms with Gasteiger partial charge in [-0.05, 0) is 29.8 Å². The number of rotatable bonds is 2. The molecule has 18 heavy (non-hydrogen) atoms. The Morgan fingerprint density at radius 3 is 2.50 bits per heavy atom. The minimum Gasteiger partial charge on any atom is -0.262 e. The maximum Gasteiger partial charge on any atom is 0.0828 e. The average molecular weight is 300 g/mol. The monoisotopic (exact) mass is 299 g/mol. The van der Waals surface area contributed by atoms with E-state index < -0.39 is 0 Å². The summed E-state index contributed by atoms with van der Waals surface area (Å²) in [5, 5.41) is 4.35. The summed E-state index contributed by atoms with van der Waals surface area (Å²) in [6, 6.07) is 12.1. The number of benzene rings is 1. The predicted octanol–water partition coefficient (Wildman–Crippen LogP) is 3.70. The number of hydrogen-bond donors (Lipinski definition) is 0. The lowest BCUT2D eigenvalue weighted by Crippen LogP contribution is -1.93. The van der Waals surface area contributed by atoms with Crippen molar-refractivity contribution in [2.24, 2.45) is 0 Å². The molecule has 2 aromatic heterocycles. The van der Waals surface area contributed by atoms with Crippen LogP contribution in [-0.4, -0.2) is 14.8 Å². The highest BCUT2D eigenvalue weighted by Gasteiger charge is 2.03. The maximum atomic E-state index is 4.35. The van der Waals surface area contributed by atoms with Gasteiger partial charge in [0, 0.05) is 22.4 Å². The fourth-order valence-corrected chi connectivity index (χ4v) is 2.01. The van der Waals surface area contributed by atoms with Crippen molar-refractivity contribution in [3.05, 3.63) is 65.7 Å². The molecule has 3 nitrogen and oxygen atoms in total. The lowest BCUT2D eigenvalue weighted by molar-refractivity contribution is 0.874. The first-order valence-electron chi connectivity index (χ1n) is 5.54. The summed E-state index contributed by atoms with van der Waals surface area (Å²) >= 11 is 3.43. The van der Waals surface area contributed by atoms with E-state index >= 15 is 0 Å². The molecule has 2 heterocycles. The molecule has 0 unspecified atom stereocenters. The molecule has 0 aliphatic heterocycles. The van der Waals surface area contributed by atoms with Crippen molar-refractivity contribution in [1.82, 2.24) is 14.8 Å². The minimum atomic E-state index is 0.959. The van der Waals surface area contributed by atoms with E-state index in [1.165, 1.54) is 0 Å². The fourth-order valence-electron chi connectivity index (χ4n) is 1.74. The van der Waals surface area contributed by atoms with Crippen LogP contribution in [0.2, 0.25) is 0 Å². The molecule has 0 spiro atoms. The molecule has 0 saturated heterocycles. The van der Waals surface area contributed by atoms with Crippen molar-refractivity contribution in [2.45, 2.75) is 0 Å². The second-order valence-corrected chi connectivity index (χ2v) is 4.81. The summed E-state index contributed by atoms with van der Waals surface area (Å²) in [4.78, 5) is 4.09. The molecule has 1 aromatic carbocycles. The molecule has 0 N–H and O–H groups in total. The summed E-state index contributed by atoms with van der Waals surface area (Å²) in [5.41, 5.74) is 3.19. The van der Waals surface area contributed by atoms with E-state index in [4.69, 9.17) is 0 Å². The Morgan fingerprint density at radius 1 is 0.944 bits per heavy atom. The molecule has 0 aliphatic rings. The highest BCUT2D eigenvalue weighted by molar-refractivity contribution is 9.10. The molecular weight excluding hydrogens is 290 g/mol. The second kappa shape index (κ2) is 4.74. The lowest BCUT2D eigenvalue weighted by atomic mass is 10.1. The van der Waals surface area contributed by atoms with Crippen molar-refractivity contribution < 1.29 is 0 Å². The van der Waals surface area contributed by atoms with Crippen LogP contribution in [0, 0.1) is 0 Å². The van der Waals surface area contributed by atoms with Gasteiger partial charge in [-0.25, -0.2) is 4.68 Å². The molecule has 0 bridgehead atoms. The molecule has 0 fully saturated rings. The van der Waals surface area contributed by atoms with Gasteiger partial charge in [0.15, 0.2) is 0 Å². The molecule has 3 rings (SSSR count). The Balaban J connectivity index is 1.97. The Labute approximate surface area is 113 Å². The Kier molecular flexibility index (Phi) is 2.94. The van der Waals surface area contributed by atoms with E-state index in [-0.39, 0.29) is 0 Å². The smallest absolute Gasteiger partial charge is 0.0828 e. The van der Waals surface area contributed by atoms with Gasteiger partial charge in [0.05, 0.1) is 18.1 Å². The third-order valence-electron chi connectivity index (χ3n) is 2.67. The second-order valence-electron chi connectivity index (χ2n) is 3.89. The van der Waals surface area contributed by atoms with Crippen molar-refractivity contribution in [2.75, 3.05) is 0 Å². The van der Waals surface area contributed by atoms with Crippen LogP contribution in [0.1, 0.15) is 0 Å². The van der Waals surface area contributed by atoms with Crippen LogP contribution in [0.5, 0.6) is 0 Å². The maximum absolute atomic E-state index is 4.35. The quantitative estimate of drug-likeness (QED) is 0.722. The summed E-state index contributed by atoms with van der Waals surface area (Å²) in [7, 11) is 0. The zero-order chi connectivity index (χ0) is 12.4. The van der Waals surface area contributed by atoms with Crippen LogP contribution in [0.15, 0.2) is 65.7 Å². The number of aromatic nitrogens is 3. The number of hydrogen-bond acceptors (Lipinski definition) is 2. The van der Waals surface area contributed by atoms with E-state index in [0.29, 0.717) is 0 Å². The molecule has 0 atom stereocenters. The van der Waals surface area contributed by atoms with Crippen LogP contribution >= 0.6 is 15.9 Å². The summed E-state index contributed by atoms with van der Waals surface area (Å²) in [5.74, 6) is 0. The minimum absolute atomic E-state index is 0.959. The van der Waals surface area contributed by atoms with E-state index in [1.54, 1.807) is 12.4 Å². The Morgan fingerprint density at radius 2 is 1.78 bits per heavy atom. The highest BCUT2D eigenvalue weighted by atomic mass is 79.9. The normalized spacial score (nSPS) is 10.5. The number of nitrogens with zero attached hydrogens (tertiary/aromatic N) is 3. The first-order chi connectivity index (χ1) is 8.83. The third-order valence-corrected chi connectivity index (χ3v) is 3.20. The lowest BCUT2D eigenvalue weighted by Gasteiger charge is -1.99. The van der Waals surface area contributed by atoms with Crippen molar-refractivity contribution in [3.63, 3.8) is 0 Å². The van der Waals surface area contributed by atoms with Crippen molar-refractivity contribution in [3.8, 4) is 16.8 Å². The predicted molar refractivity (Wildman–Crippen MR) is 74.5 cm³/mol. The highest BCUT2D eigenvalue weighted by Crippen LogP contribution is 2.22. The van der Waals surface area contributed by atoms with Gasteiger partial charge in [-0.2, -0.15) is 5.10 Å². The van der Waals surface area contributed by atoms with Crippen LogP contribution in [0.4, 0.5) is 0 Å². The largest absolute Gasteiger partial charge is 0.262 e. The van der Waals surface area contributed by atoms with Gasteiger partial charge in [-0.15, -0.1) is 0 Å². The molecule has 4 heteroatoms. The van der Waals surface area contributed by atoms with E-state index in [0.717, 1.165) is 21.3 Å². The molecule has 88 valence electrons. The number of pyridine rings is 1. The van der Waals surface area contributed by atoms with Crippen molar-refractivity contribution in [1.29, 1.82) is 0 Å².